The maximum atomic E-state index is 13.4. The van der Waals surface area contributed by atoms with Crippen LogP contribution in [-0.2, 0) is 15.8 Å². The number of nitrogens with one attached hydrogen (secondary N) is 4. The number of nitrogens with zero attached hydrogens (tertiary/aromatic N) is 1. The number of halogens is 5. The SMILES string of the molecule is O=C(O)CC(NC(=O)CNC(=O)c1cc(NC2=NCCN2)cc(C(F)(F)F)c1)c1cc(Cl)cc(Br)c1. The van der Waals surface area contributed by atoms with Crippen LogP contribution in [0.1, 0.15) is 33.9 Å². The van der Waals surface area contributed by atoms with Gasteiger partial charge in [0.05, 0.1) is 31.1 Å². The summed E-state index contributed by atoms with van der Waals surface area (Å²) in [5.74, 6) is -2.59. The van der Waals surface area contributed by atoms with Gasteiger partial charge in [-0.05, 0) is 42.0 Å². The summed E-state index contributed by atoms with van der Waals surface area (Å²) >= 11 is 9.25. The maximum absolute atomic E-state index is 13.4. The first kappa shape index (κ1) is 27.3. The Morgan fingerprint density at radius 3 is 2.53 bits per heavy atom. The Bertz CT molecular complexity index is 1190. The van der Waals surface area contributed by atoms with E-state index in [1.54, 1.807) is 12.1 Å². The lowest BCUT2D eigenvalue weighted by Gasteiger charge is -2.18. The molecule has 14 heteroatoms. The molecular weight excluding hydrogens is 571 g/mol. The molecule has 0 radical (unpaired) electrons. The molecule has 0 bridgehead atoms. The first-order valence-electron chi connectivity index (χ1n) is 10.4. The predicted molar refractivity (Wildman–Crippen MR) is 130 cm³/mol. The van der Waals surface area contributed by atoms with Crippen molar-refractivity contribution >= 4 is 57.0 Å². The van der Waals surface area contributed by atoms with Crippen LogP contribution >= 0.6 is 27.5 Å². The molecule has 0 saturated heterocycles. The average Bonchev–Trinajstić information content (AvgIpc) is 3.28. The molecule has 1 atom stereocenters. The van der Waals surface area contributed by atoms with Crippen LogP contribution in [0.15, 0.2) is 45.9 Å². The highest BCUT2D eigenvalue weighted by molar-refractivity contribution is 9.10. The zero-order valence-corrected chi connectivity index (χ0v) is 20.7. The fraction of sp³-hybridized carbons (Fsp3) is 0.273. The Labute approximate surface area is 216 Å². The first-order valence-corrected chi connectivity index (χ1v) is 11.6. The summed E-state index contributed by atoms with van der Waals surface area (Å²) in [6, 6.07) is 6.38. The standard InChI is InChI=1S/C22H20BrClF3N5O4/c23-14-4-11(5-15(24)8-14)17(9-19(34)35)32-18(33)10-30-20(36)12-3-13(22(25,26)27)7-16(6-12)31-21-28-1-2-29-21/h3-8,17H,1-2,9-10H2,(H,30,36)(H,32,33)(H,34,35)(H2,28,29,31). The fourth-order valence-electron chi connectivity index (χ4n) is 3.32. The lowest BCUT2D eigenvalue weighted by Crippen LogP contribution is -2.39. The zero-order chi connectivity index (χ0) is 26.5. The average molecular weight is 591 g/mol. The third-order valence-corrected chi connectivity index (χ3v) is 5.55. The molecule has 0 fully saturated rings. The van der Waals surface area contributed by atoms with E-state index < -0.39 is 48.5 Å². The molecule has 0 aliphatic carbocycles. The van der Waals surface area contributed by atoms with Crippen molar-refractivity contribution < 1.29 is 32.7 Å². The third-order valence-electron chi connectivity index (χ3n) is 4.87. The Morgan fingerprint density at radius 1 is 1.17 bits per heavy atom. The topological polar surface area (TPSA) is 132 Å². The van der Waals surface area contributed by atoms with E-state index in [2.05, 4.69) is 42.2 Å². The number of aliphatic carboxylic acids is 1. The first-order chi connectivity index (χ1) is 16.9. The molecule has 2 aromatic carbocycles. The minimum absolute atomic E-state index is 0.0133. The number of aliphatic imine (C=N–C) groups is 1. The number of hydrogen-bond donors (Lipinski definition) is 5. The van der Waals surface area contributed by atoms with Crippen molar-refractivity contribution in [2.24, 2.45) is 4.99 Å². The summed E-state index contributed by atoms with van der Waals surface area (Å²) in [4.78, 5) is 40.4. The van der Waals surface area contributed by atoms with Crippen molar-refractivity contribution in [3.05, 3.63) is 62.6 Å². The van der Waals surface area contributed by atoms with Crippen LogP contribution in [0.2, 0.25) is 5.02 Å². The normalized spacial score (nSPS) is 13.9. The number of rotatable bonds is 8. The fourth-order valence-corrected chi connectivity index (χ4v) is 4.21. The number of guanidine groups is 1. The van der Waals surface area contributed by atoms with Gasteiger partial charge in [0.15, 0.2) is 5.96 Å². The van der Waals surface area contributed by atoms with Crippen LogP contribution in [0.4, 0.5) is 18.9 Å². The highest BCUT2D eigenvalue weighted by atomic mass is 79.9. The highest BCUT2D eigenvalue weighted by Gasteiger charge is 2.32. The van der Waals surface area contributed by atoms with Gasteiger partial charge in [-0.2, -0.15) is 13.2 Å². The number of amides is 2. The number of benzene rings is 2. The molecule has 1 heterocycles. The van der Waals surface area contributed by atoms with Crippen LogP contribution in [-0.4, -0.2) is 48.5 Å². The van der Waals surface area contributed by atoms with Crippen molar-refractivity contribution in [2.45, 2.75) is 18.6 Å². The lowest BCUT2D eigenvalue weighted by atomic mass is 10.0. The quantitative estimate of drug-likeness (QED) is 0.320. The monoisotopic (exact) mass is 589 g/mol. The molecule has 2 aromatic rings. The zero-order valence-electron chi connectivity index (χ0n) is 18.4. The number of carboxylic acids is 1. The second-order valence-corrected chi connectivity index (χ2v) is 9.03. The van der Waals surface area contributed by atoms with Crippen molar-refractivity contribution in [3.63, 3.8) is 0 Å². The molecule has 0 spiro atoms. The van der Waals surface area contributed by atoms with Gasteiger partial charge in [0.2, 0.25) is 5.91 Å². The van der Waals surface area contributed by atoms with Gasteiger partial charge >= 0.3 is 12.1 Å². The van der Waals surface area contributed by atoms with E-state index in [-0.39, 0.29) is 17.2 Å². The minimum Gasteiger partial charge on any atom is -0.481 e. The van der Waals surface area contributed by atoms with Gasteiger partial charge < -0.3 is 26.4 Å². The number of alkyl halides is 3. The summed E-state index contributed by atoms with van der Waals surface area (Å²) < 4.78 is 40.7. The highest BCUT2D eigenvalue weighted by Crippen LogP contribution is 2.32. The number of anilines is 1. The van der Waals surface area contributed by atoms with E-state index in [0.717, 1.165) is 6.07 Å². The number of hydrogen-bond acceptors (Lipinski definition) is 6. The predicted octanol–water partition coefficient (Wildman–Crippen LogP) is 3.55. The Kier molecular flexibility index (Phi) is 8.79. The van der Waals surface area contributed by atoms with E-state index in [9.17, 15) is 32.7 Å². The number of carbonyl (C=O) groups excluding carboxylic acids is 2. The summed E-state index contributed by atoms with van der Waals surface area (Å²) in [5, 5.41) is 19.8. The molecule has 192 valence electrons. The summed E-state index contributed by atoms with van der Waals surface area (Å²) in [7, 11) is 0. The van der Waals surface area contributed by atoms with E-state index in [1.165, 1.54) is 12.1 Å². The Hall–Kier alpha value is -3.32. The summed E-state index contributed by atoms with van der Waals surface area (Å²) in [6.45, 7) is 0.376. The van der Waals surface area contributed by atoms with Crippen LogP contribution in [0.5, 0.6) is 0 Å². The molecule has 36 heavy (non-hydrogen) atoms. The Morgan fingerprint density at radius 2 is 1.92 bits per heavy atom. The molecular formula is C22H20BrClF3N5O4. The Balaban J connectivity index is 1.71. The van der Waals surface area contributed by atoms with Crippen LogP contribution in [0.25, 0.3) is 0 Å². The molecule has 0 saturated carbocycles. The van der Waals surface area contributed by atoms with Gasteiger partial charge in [0.1, 0.15) is 0 Å². The largest absolute Gasteiger partial charge is 0.481 e. The molecule has 1 unspecified atom stereocenters. The van der Waals surface area contributed by atoms with E-state index in [0.29, 0.717) is 34.2 Å². The molecule has 1 aliphatic rings. The van der Waals surface area contributed by atoms with Gasteiger partial charge in [0, 0.05) is 27.3 Å². The molecule has 1 aliphatic heterocycles. The van der Waals surface area contributed by atoms with Gasteiger partial charge in [0.25, 0.3) is 5.91 Å². The number of carbonyl (C=O) groups is 3. The third kappa shape index (κ3) is 7.85. The smallest absolute Gasteiger partial charge is 0.416 e. The molecule has 3 rings (SSSR count). The summed E-state index contributed by atoms with van der Waals surface area (Å²) in [5.41, 5.74) is -0.998. The molecule has 9 nitrogen and oxygen atoms in total. The van der Waals surface area contributed by atoms with Gasteiger partial charge in [-0.25, -0.2) is 0 Å². The maximum Gasteiger partial charge on any atom is 0.416 e. The number of carboxylic acid groups (broad SMARTS) is 1. The van der Waals surface area contributed by atoms with E-state index >= 15 is 0 Å². The van der Waals surface area contributed by atoms with Crippen LogP contribution in [0.3, 0.4) is 0 Å². The van der Waals surface area contributed by atoms with Crippen molar-refractivity contribution in [3.8, 4) is 0 Å². The second-order valence-electron chi connectivity index (χ2n) is 7.68. The summed E-state index contributed by atoms with van der Waals surface area (Å²) in [6.07, 6.45) is -5.18. The van der Waals surface area contributed by atoms with Crippen LogP contribution in [0, 0.1) is 0 Å². The van der Waals surface area contributed by atoms with Crippen molar-refractivity contribution in [1.82, 2.24) is 16.0 Å². The molecule has 2 amide bonds. The molecule has 0 aromatic heterocycles. The van der Waals surface area contributed by atoms with Crippen molar-refractivity contribution in [1.29, 1.82) is 0 Å². The lowest BCUT2D eigenvalue weighted by molar-refractivity contribution is -0.138. The van der Waals surface area contributed by atoms with Crippen molar-refractivity contribution in [2.75, 3.05) is 25.0 Å². The van der Waals surface area contributed by atoms with Gasteiger partial charge in [-0.1, -0.05) is 27.5 Å². The van der Waals surface area contributed by atoms with Crippen LogP contribution < -0.4 is 21.3 Å². The second kappa shape index (κ2) is 11.6. The van der Waals surface area contributed by atoms with E-state index in [4.69, 9.17) is 11.6 Å². The van der Waals surface area contributed by atoms with Gasteiger partial charge in [-0.15, -0.1) is 0 Å². The molecule has 5 N–H and O–H groups in total. The van der Waals surface area contributed by atoms with Gasteiger partial charge in [-0.3, -0.25) is 19.4 Å². The van der Waals surface area contributed by atoms with E-state index in [1.807, 2.05) is 0 Å². The minimum atomic E-state index is -4.72.